The Morgan fingerprint density at radius 2 is 1.91 bits per heavy atom. The first-order valence-corrected chi connectivity index (χ1v) is 12.2. The number of nitrogens with one attached hydrogen (secondary N) is 1. The molecule has 1 heterocycles. The predicted octanol–water partition coefficient (Wildman–Crippen LogP) is 7.39. The average Bonchev–Trinajstić information content (AvgIpc) is 3.22. The van der Waals surface area contributed by atoms with Crippen LogP contribution in [0.3, 0.4) is 0 Å². The zero-order chi connectivity index (χ0) is 23.4. The third-order valence-electron chi connectivity index (χ3n) is 8.38. The van der Waals surface area contributed by atoms with Crippen LogP contribution in [0.5, 0.6) is 0 Å². The predicted molar refractivity (Wildman–Crippen MR) is 132 cm³/mol. The molecule has 2 aromatic carbocycles. The molecule has 5 rings (SSSR count). The SMILES string of the molecule is CC(C(=O)Nc1ccc(Cl)cc1)[C@H]1CC2C[C@@](C)(c3ccnc4ccc(F)cc34)CC2(C)C1. The van der Waals surface area contributed by atoms with Gasteiger partial charge in [-0.05, 0) is 102 Å². The molecule has 2 aliphatic carbocycles. The Balaban J connectivity index is 1.32. The molecule has 5 heteroatoms. The van der Waals surface area contributed by atoms with Gasteiger partial charge in [0.25, 0.3) is 0 Å². The molecule has 2 aliphatic rings. The second-order valence-electron chi connectivity index (χ2n) is 10.8. The Bertz CT molecular complexity index is 1210. The van der Waals surface area contributed by atoms with E-state index in [1.54, 1.807) is 24.3 Å². The zero-order valence-electron chi connectivity index (χ0n) is 19.4. The Labute approximate surface area is 199 Å². The summed E-state index contributed by atoms with van der Waals surface area (Å²) in [4.78, 5) is 17.4. The molecule has 0 saturated heterocycles. The topological polar surface area (TPSA) is 42.0 Å². The van der Waals surface area contributed by atoms with Gasteiger partial charge in [0.2, 0.25) is 5.91 Å². The molecule has 5 atom stereocenters. The molecule has 0 radical (unpaired) electrons. The number of aromatic nitrogens is 1. The molecule has 2 saturated carbocycles. The van der Waals surface area contributed by atoms with Gasteiger partial charge in [-0.25, -0.2) is 4.39 Å². The Hall–Kier alpha value is -2.46. The van der Waals surface area contributed by atoms with Crippen LogP contribution >= 0.6 is 11.6 Å². The molecule has 0 aliphatic heterocycles. The third kappa shape index (κ3) is 4.03. The average molecular weight is 465 g/mol. The van der Waals surface area contributed by atoms with E-state index in [1.165, 1.54) is 11.6 Å². The molecule has 1 amide bonds. The summed E-state index contributed by atoms with van der Waals surface area (Å²) in [5.41, 5.74) is 2.99. The molecular formula is C28H30ClFN2O. The summed E-state index contributed by atoms with van der Waals surface area (Å²) in [6, 6.07) is 14.2. The molecule has 3 aromatic rings. The van der Waals surface area contributed by atoms with Crippen molar-refractivity contribution in [2.75, 3.05) is 5.32 Å². The number of carbonyl (C=O) groups is 1. The van der Waals surface area contributed by atoms with Gasteiger partial charge in [-0.1, -0.05) is 32.4 Å². The molecule has 3 unspecified atom stereocenters. The molecule has 3 nitrogen and oxygen atoms in total. The maximum absolute atomic E-state index is 14.1. The normalized spacial score (nSPS) is 29.7. The first-order chi connectivity index (χ1) is 15.7. The van der Waals surface area contributed by atoms with Gasteiger partial charge >= 0.3 is 0 Å². The molecule has 2 fully saturated rings. The highest BCUT2D eigenvalue weighted by Crippen LogP contribution is 2.64. The fraction of sp³-hybridized carbons (Fsp3) is 0.429. The molecule has 0 bridgehead atoms. The van der Waals surface area contributed by atoms with Crippen molar-refractivity contribution in [2.45, 2.75) is 51.9 Å². The minimum Gasteiger partial charge on any atom is -0.326 e. The smallest absolute Gasteiger partial charge is 0.227 e. The number of carbonyl (C=O) groups excluding carboxylic acids is 1. The van der Waals surface area contributed by atoms with Gasteiger partial charge in [0.05, 0.1) is 5.52 Å². The number of halogens is 2. The van der Waals surface area contributed by atoms with Gasteiger partial charge in [-0.15, -0.1) is 0 Å². The summed E-state index contributed by atoms with van der Waals surface area (Å²) in [5, 5.41) is 4.64. The summed E-state index contributed by atoms with van der Waals surface area (Å²) in [6.45, 7) is 6.76. The molecular weight excluding hydrogens is 435 g/mol. The summed E-state index contributed by atoms with van der Waals surface area (Å²) >= 11 is 5.96. The number of pyridine rings is 1. The van der Waals surface area contributed by atoms with Crippen LogP contribution in [0.1, 0.15) is 52.0 Å². The Kier molecular flexibility index (Phi) is 5.48. The Morgan fingerprint density at radius 3 is 2.64 bits per heavy atom. The van der Waals surface area contributed by atoms with Gasteiger partial charge in [0.1, 0.15) is 5.82 Å². The molecule has 1 N–H and O–H groups in total. The van der Waals surface area contributed by atoms with Crippen LogP contribution in [0.25, 0.3) is 10.9 Å². The van der Waals surface area contributed by atoms with Crippen molar-refractivity contribution in [3.8, 4) is 0 Å². The molecule has 0 spiro atoms. The molecule has 33 heavy (non-hydrogen) atoms. The van der Waals surface area contributed by atoms with Gasteiger partial charge in [0, 0.05) is 28.2 Å². The number of amides is 1. The van der Waals surface area contributed by atoms with E-state index in [0.29, 0.717) is 16.9 Å². The largest absolute Gasteiger partial charge is 0.326 e. The van der Waals surface area contributed by atoms with Crippen LogP contribution in [0, 0.1) is 29.0 Å². The summed E-state index contributed by atoms with van der Waals surface area (Å²) in [6.07, 6.45) is 6.05. The lowest BCUT2D eigenvalue weighted by Gasteiger charge is -2.31. The quantitative estimate of drug-likeness (QED) is 0.437. The summed E-state index contributed by atoms with van der Waals surface area (Å²) in [7, 11) is 0. The minimum absolute atomic E-state index is 0.0197. The number of nitrogens with zero attached hydrogens (tertiary/aromatic N) is 1. The maximum Gasteiger partial charge on any atom is 0.227 e. The fourth-order valence-electron chi connectivity index (χ4n) is 6.79. The van der Waals surface area contributed by atoms with Crippen molar-refractivity contribution in [1.82, 2.24) is 4.98 Å². The van der Waals surface area contributed by atoms with E-state index in [0.717, 1.165) is 42.3 Å². The number of fused-ring (bicyclic) bond motifs is 2. The van der Waals surface area contributed by atoms with Crippen LogP contribution in [-0.2, 0) is 10.2 Å². The number of anilines is 1. The maximum atomic E-state index is 14.1. The Morgan fingerprint density at radius 1 is 1.15 bits per heavy atom. The number of benzene rings is 2. The van der Waals surface area contributed by atoms with Crippen molar-refractivity contribution in [2.24, 2.45) is 23.2 Å². The van der Waals surface area contributed by atoms with E-state index in [4.69, 9.17) is 11.6 Å². The van der Waals surface area contributed by atoms with Crippen LogP contribution in [0.15, 0.2) is 54.7 Å². The number of hydrogen-bond acceptors (Lipinski definition) is 2. The second kappa shape index (κ2) is 8.09. The van der Waals surface area contributed by atoms with E-state index in [9.17, 15) is 9.18 Å². The highest BCUT2D eigenvalue weighted by molar-refractivity contribution is 6.30. The van der Waals surface area contributed by atoms with Gasteiger partial charge in [-0.3, -0.25) is 9.78 Å². The van der Waals surface area contributed by atoms with Crippen molar-refractivity contribution in [3.63, 3.8) is 0 Å². The van der Waals surface area contributed by atoms with E-state index >= 15 is 0 Å². The monoisotopic (exact) mass is 464 g/mol. The summed E-state index contributed by atoms with van der Waals surface area (Å²) < 4.78 is 14.1. The van der Waals surface area contributed by atoms with Gasteiger partial charge < -0.3 is 5.32 Å². The number of rotatable bonds is 4. The first kappa shape index (κ1) is 22.3. The lowest BCUT2D eigenvalue weighted by molar-refractivity contribution is -0.120. The van der Waals surface area contributed by atoms with E-state index in [2.05, 4.69) is 37.1 Å². The van der Waals surface area contributed by atoms with Crippen molar-refractivity contribution < 1.29 is 9.18 Å². The molecule has 172 valence electrons. The summed E-state index contributed by atoms with van der Waals surface area (Å²) in [5.74, 6) is 0.721. The highest BCUT2D eigenvalue weighted by atomic mass is 35.5. The van der Waals surface area contributed by atoms with Crippen LogP contribution in [0.2, 0.25) is 5.02 Å². The standard InChI is InChI=1S/C28H30ClFN2O/c1-17(26(33)32-22-7-4-20(29)5-8-22)18-12-19-15-28(3,16-27(19,2)14-18)24-10-11-31-25-9-6-21(30)13-23(24)25/h4-11,13,17-19H,12,14-16H2,1-3H3,(H,32,33)/t17?,18-,19?,27?,28+/m0/s1. The van der Waals surface area contributed by atoms with Crippen molar-refractivity contribution in [3.05, 3.63) is 71.1 Å². The van der Waals surface area contributed by atoms with E-state index in [-0.39, 0.29) is 28.5 Å². The van der Waals surface area contributed by atoms with Gasteiger partial charge in [0.15, 0.2) is 0 Å². The lowest BCUT2D eigenvalue weighted by atomic mass is 9.73. The van der Waals surface area contributed by atoms with Crippen LogP contribution in [0.4, 0.5) is 10.1 Å². The zero-order valence-corrected chi connectivity index (χ0v) is 20.1. The van der Waals surface area contributed by atoms with Crippen LogP contribution < -0.4 is 5.32 Å². The third-order valence-corrected chi connectivity index (χ3v) is 8.63. The lowest BCUT2D eigenvalue weighted by Crippen LogP contribution is -2.28. The first-order valence-electron chi connectivity index (χ1n) is 11.8. The van der Waals surface area contributed by atoms with Crippen molar-refractivity contribution >= 4 is 34.1 Å². The number of hydrogen-bond donors (Lipinski definition) is 1. The second-order valence-corrected chi connectivity index (χ2v) is 11.2. The van der Waals surface area contributed by atoms with Crippen molar-refractivity contribution in [1.29, 1.82) is 0 Å². The molecule has 1 aromatic heterocycles. The minimum atomic E-state index is -0.217. The highest BCUT2D eigenvalue weighted by Gasteiger charge is 2.56. The van der Waals surface area contributed by atoms with E-state index < -0.39 is 0 Å². The van der Waals surface area contributed by atoms with Crippen LogP contribution in [-0.4, -0.2) is 10.9 Å². The van der Waals surface area contributed by atoms with Gasteiger partial charge in [-0.2, -0.15) is 0 Å². The fourth-order valence-corrected chi connectivity index (χ4v) is 6.91. The van der Waals surface area contributed by atoms with E-state index in [1.807, 2.05) is 18.3 Å².